The predicted molar refractivity (Wildman–Crippen MR) is 61.8 cm³/mol. The van der Waals surface area contributed by atoms with Gasteiger partial charge >= 0.3 is 6.09 Å². The summed E-state index contributed by atoms with van der Waals surface area (Å²) in [7, 11) is 0. The molecule has 1 rings (SSSR count). The smallest absolute Gasteiger partial charge is 0.412 e. The van der Waals surface area contributed by atoms with Crippen LogP contribution in [-0.4, -0.2) is 17.7 Å². The highest BCUT2D eigenvalue weighted by atomic mass is 35.5. The van der Waals surface area contributed by atoms with E-state index in [2.05, 4.69) is 6.58 Å². The van der Waals surface area contributed by atoms with E-state index < -0.39 is 6.09 Å². The zero-order valence-corrected chi connectivity index (χ0v) is 9.16. The molecule has 1 amide bonds. The minimum atomic E-state index is -1.000. The van der Waals surface area contributed by atoms with E-state index in [1.54, 1.807) is 24.3 Å². The van der Waals surface area contributed by atoms with Crippen molar-refractivity contribution in [3.05, 3.63) is 41.4 Å². The van der Waals surface area contributed by atoms with Crippen molar-refractivity contribution in [2.45, 2.75) is 6.92 Å². The molecule has 0 unspecified atom stereocenters. The summed E-state index contributed by atoms with van der Waals surface area (Å²) in [6.07, 6.45) is 0.544. The molecule has 15 heavy (non-hydrogen) atoms. The van der Waals surface area contributed by atoms with Crippen molar-refractivity contribution in [1.29, 1.82) is 0 Å². The summed E-state index contributed by atoms with van der Waals surface area (Å²) >= 11 is 5.79. The molecule has 4 heteroatoms. The maximum Gasteiger partial charge on any atom is 0.412 e. The van der Waals surface area contributed by atoms with Gasteiger partial charge in [0.15, 0.2) is 0 Å². The van der Waals surface area contributed by atoms with Crippen LogP contribution >= 0.6 is 11.6 Å². The van der Waals surface area contributed by atoms with E-state index in [4.69, 9.17) is 16.7 Å². The third kappa shape index (κ3) is 2.73. The molecule has 0 atom stereocenters. The first-order valence-electron chi connectivity index (χ1n) is 4.43. The molecule has 0 aromatic heterocycles. The second-order valence-electron chi connectivity index (χ2n) is 3.11. The summed E-state index contributed by atoms with van der Waals surface area (Å²) in [6.45, 7) is 5.61. The third-order valence-corrected chi connectivity index (χ3v) is 2.23. The van der Waals surface area contributed by atoms with Gasteiger partial charge in [-0.15, -0.1) is 6.58 Å². The summed E-state index contributed by atoms with van der Waals surface area (Å²) in [5.74, 6) is 0. The Morgan fingerprint density at radius 3 is 2.80 bits per heavy atom. The molecule has 0 radical (unpaired) electrons. The molecule has 0 spiro atoms. The van der Waals surface area contributed by atoms with Crippen LogP contribution in [0.1, 0.15) is 5.56 Å². The van der Waals surface area contributed by atoms with Gasteiger partial charge in [0.05, 0.1) is 5.69 Å². The Balaban J connectivity index is 3.10. The van der Waals surface area contributed by atoms with Crippen molar-refractivity contribution in [3.8, 4) is 0 Å². The lowest BCUT2D eigenvalue weighted by Gasteiger charge is -2.19. The molecular formula is C11H12ClNO2. The molecule has 0 bridgehead atoms. The zero-order valence-electron chi connectivity index (χ0n) is 8.40. The number of anilines is 1. The summed E-state index contributed by atoms with van der Waals surface area (Å²) < 4.78 is 0. The number of hydrogen-bond acceptors (Lipinski definition) is 1. The van der Waals surface area contributed by atoms with Crippen molar-refractivity contribution in [3.63, 3.8) is 0 Å². The van der Waals surface area contributed by atoms with Crippen molar-refractivity contribution in [2.75, 3.05) is 11.4 Å². The Labute approximate surface area is 93.6 Å². The number of amides is 1. The van der Waals surface area contributed by atoms with Gasteiger partial charge in [-0.3, -0.25) is 4.90 Å². The first-order valence-corrected chi connectivity index (χ1v) is 4.81. The van der Waals surface area contributed by atoms with E-state index in [1.165, 1.54) is 4.90 Å². The monoisotopic (exact) mass is 225 g/mol. The highest BCUT2D eigenvalue weighted by Gasteiger charge is 2.14. The van der Waals surface area contributed by atoms with Crippen LogP contribution in [0.2, 0.25) is 5.02 Å². The molecular weight excluding hydrogens is 214 g/mol. The molecule has 3 nitrogen and oxygen atoms in total. The number of aryl methyl sites for hydroxylation is 1. The SMILES string of the molecule is C=CCN(C(=O)O)c1ccc(Cl)cc1C. The number of nitrogens with zero attached hydrogens (tertiary/aromatic N) is 1. The van der Waals surface area contributed by atoms with Crippen LogP contribution in [0.25, 0.3) is 0 Å². The van der Waals surface area contributed by atoms with E-state index in [0.717, 1.165) is 5.56 Å². The number of hydrogen-bond donors (Lipinski definition) is 1. The van der Waals surface area contributed by atoms with Crippen LogP contribution in [0, 0.1) is 6.92 Å². The van der Waals surface area contributed by atoms with Crippen LogP contribution in [0.15, 0.2) is 30.9 Å². The third-order valence-electron chi connectivity index (χ3n) is 1.99. The standard InChI is InChI=1S/C11H12ClNO2/c1-3-6-13(11(14)15)10-5-4-9(12)7-8(10)2/h3-5,7H,1,6H2,2H3,(H,14,15). The van der Waals surface area contributed by atoms with Gasteiger partial charge in [0, 0.05) is 11.6 Å². The highest BCUT2D eigenvalue weighted by molar-refractivity contribution is 6.30. The largest absolute Gasteiger partial charge is 0.465 e. The van der Waals surface area contributed by atoms with Gasteiger partial charge < -0.3 is 5.11 Å². The van der Waals surface area contributed by atoms with E-state index in [0.29, 0.717) is 10.7 Å². The van der Waals surface area contributed by atoms with Gasteiger partial charge in [0.25, 0.3) is 0 Å². The second-order valence-corrected chi connectivity index (χ2v) is 3.55. The van der Waals surface area contributed by atoms with E-state index in [1.807, 2.05) is 6.92 Å². The second kappa shape index (κ2) is 4.84. The Morgan fingerprint density at radius 1 is 1.67 bits per heavy atom. The molecule has 80 valence electrons. The van der Waals surface area contributed by atoms with E-state index in [-0.39, 0.29) is 6.54 Å². The van der Waals surface area contributed by atoms with E-state index >= 15 is 0 Å². The first kappa shape index (κ1) is 11.6. The van der Waals surface area contributed by atoms with Gasteiger partial charge in [0.2, 0.25) is 0 Å². The Bertz CT molecular complexity index is 390. The molecule has 0 fully saturated rings. The number of carbonyl (C=O) groups is 1. The summed E-state index contributed by atoms with van der Waals surface area (Å²) in [6, 6.07) is 5.09. The fourth-order valence-corrected chi connectivity index (χ4v) is 1.56. The van der Waals surface area contributed by atoms with Crippen molar-refractivity contribution < 1.29 is 9.90 Å². The van der Waals surface area contributed by atoms with E-state index in [9.17, 15) is 4.79 Å². The maximum atomic E-state index is 11.0. The van der Waals surface area contributed by atoms with Gasteiger partial charge in [-0.1, -0.05) is 17.7 Å². The van der Waals surface area contributed by atoms with Crippen LogP contribution in [0.5, 0.6) is 0 Å². The first-order chi connectivity index (χ1) is 7.06. The predicted octanol–water partition coefficient (Wildman–Crippen LogP) is 3.32. The fraction of sp³-hybridized carbons (Fsp3) is 0.182. The number of halogens is 1. The molecule has 0 aliphatic carbocycles. The molecule has 1 aromatic carbocycles. The maximum absolute atomic E-state index is 11.0. The summed E-state index contributed by atoms with van der Waals surface area (Å²) in [5, 5.41) is 9.59. The van der Waals surface area contributed by atoms with Crippen LogP contribution in [0.4, 0.5) is 10.5 Å². The summed E-state index contributed by atoms with van der Waals surface area (Å²) in [5.41, 5.74) is 1.46. The van der Waals surface area contributed by atoms with Crippen molar-refractivity contribution >= 4 is 23.4 Å². The van der Waals surface area contributed by atoms with Gasteiger partial charge in [0.1, 0.15) is 0 Å². The Kier molecular flexibility index (Phi) is 3.74. The molecule has 1 N–H and O–H groups in total. The quantitative estimate of drug-likeness (QED) is 0.802. The molecule has 0 heterocycles. The van der Waals surface area contributed by atoms with Crippen molar-refractivity contribution in [2.24, 2.45) is 0 Å². The zero-order chi connectivity index (χ0) is 11.4. The molecule has 0 saturated carbocycles. The highest BCUT2D eigenvalue weighted by Crippen LogP contribution is 2.23. The lowest BCUT2D eigenvalue weighted by atomic mass is 10.2. The van der Waals surface area contributed by atoms with Crippen LogP contribution in [0.3, 0.4) is 0 Å². The number of benzene rings is 1. The minimum Gasteiger partial charge on any atom is -0.465 e. The Morgan fingerprint density at radius 2 is 2.33 bits per heavy atom. The van der Waals surface area contributed by atoms with Gasteiger partial charge in [-0.25, -0.2) is 4.79 Å². The Hall–Kier alpha value is -1.48. The lowest BCUT2D eigenvalue weighted by Crippen LogP contribution is -2.29. The normalized spacial score (nSPS) is 9.73. The average molecular weight is 226 g/mol. The molecule has 1 aromatic rings. The molecule has 0 aliphatic rings. The van der Waals surface area contributed by atoms with Crippen molar-refractivity contribution in [1.82, 2.24) is 0 Å². The minimum absolute atomic E-state index is 0.262. The fourth-order valence-electron chi connectivity index (χ4n) is 1.33. The molecule has 0 saturated heterocycles. The molecule has 0 aliphatic heterocycles. The van der Waals surface area contributed by atoms with Gasteiger partial charge in [-0.2, -0.15) is 0 Å². The van der Waals surface area contributed by atoms with Gasteiger partial charge in [-0.05, 0) is 30.7 Å². The number of carboxylic acid groups (broad SMARTS) is 1. The topological polar surface area (TPSA) is 40.5 Å². The number of rotatable bonds is 3. The summed E-state index contributed by atoms with van der Waals surface area (Å²) in [4.78, 5) is 12.2. The lowest BCUT2D eigenvalue weighted by molar-refractivity contribution is 0.202. The van der Waals surface area contributed by atoms with Crippen LogP contribution < -0.4 is 4.90 Å². The van der Waals surface area contributed by atoms with Crippen LogP contribution in [-0.2, 0) is 0 Å². The average Bonchev–Trinajstić information content (AvgIpc) is 2.15.